The summed E-state index contributed by atoms with van der Waals surface area (Å²) in [6.07, 6.45) is 0. The number of rotatable bonds is 5. The molecule has 3 heterocycles. The number of nitrogens with one attached hydrogen (secondary N) is 2. The summed E-state index contributed by atoms with van der Waals surface area (Å²) in [5.41, 5.74) is 1.49. The fraction of sp³-hybridized carbons (Fsp3) is 0.200. The van der Waals surface area contributed by atoms with Gasteiger partial charge in [0.05, 0.1) is 12.4 Å². The number of thiophene rings is 2. The number of halogens is 1. The second-order valence-corrected chi connectivity index (χ2v) is 8.80. The highest BCUT2D eigenvalue weighted by Crippen LogP contribution is 2.34. The Morgan fingerprint density at radius 3 is 2.74 bits per heavy atom. The standard InChI is InChI=1S/C20H18FN3OS2/c1-12-7-8-16(27-12)14-11-26-20-18(14)19(25)22-17(23-20)10-24(2)9-13-5-3-4-6-15(13)21/h3-8,11H,9-10H2,1-2H3,(H,22,23,25)/p+1. The van der Waals surface area contributed by atoms with Gasteiger partial charge in [0.25, 0.3) is 5.56 Å². The second-order valence-electron chi connectivity index (χ2n) is 6.65. The van der Waals surface area contributed by atoms with Crippen molar-refractivity contribution in [3.63, 3.8) is 0 Å². The molecule has 0 bridgehead atoms. The average molecular weight is 401 g/mol. The fourth-order valence-corrected chi connectivity index (χ4v) is 5.08. The van der Waals surface area contributed by atoms with E-state index < -0.39 is 0 Å². The van der Waals surface area contributed by atoms with Crippen LogP contribution in [0, 0.1) is 12.7 Å². The molecular formula is C20H19FN3OS2+. The number of nitrogens with zero attached hydrogens (tertiary/aromatic N) is 1. The summed E-state index contributed by atoms with van der Waals surface area (Å²) in [5.74, 6) is 0.417. The van der Waals surface area contributed by atoms with E-state index in [9.17, 15) is 9.18 Å². The SMILES string of the molecule is Cc1ccc(-c2csc3nc(C[NH+](C)Cc4ccccc4F)[nH]c(=O)c23)s1. The Hall–Kier alpha value is -2.35. The van der Waals surface area contributed by atoms with Gasteiger partial charge in [-0.15, -0.1) is 22.7 Å². The molecule has 1 atom stereocenters. The lowest BCUT2D eigenvalue weighted by Gasteiger charge is -2.13. The highest BCUT2D eigenvalue weighted by Gasteiger charge is 2.16. The normalized spacial score (nSPS) is 12.6. The van der Waals surface area contributed by atoms with Crippen LogP contribution in [-0.2, 0) is 13.1 Å². The monoisotopic (exact) mass is 400 g/mol. The number of aromatic amines is 1. The zero-order valence-corrected chi connectivity index (χ0v) is 16.6. The molecule has 0 radical (unpaired) electrons. The maximum absolute atomic E-state index is 13.8. The number of benzene rings is 1. The van der Waals surface area contributed by atoms with E-state index in [0.29, 0.717) is 29.9 Å². The fourth-order valence-electron chi connectivity index (χ4n) is 3.15. The van der Waals surface area contributed by atoms with E-state index in [1.807, 2.05) is 24.6 Å². The summed E-state index contributed by atoms with van der Waals surface area (Å²) in [4.78, 5) is 24.4. The highest BCUT2D eigenvalue weighted by molar-refractivity contribution is 7.19. The van der Waals surface area contributed by atoms with Gasteiger partial charge in [0, 0.05) is 26.3 Å². The first kappa shape index (κ1) is 18.0. The molecule has 4 nitrogen and oxygen atoms in total. The van der Waals surface area contributed by atoms with Crippen molar-refractivity contribution in [1.29, 1.82) is 0 Å². The molecule has 3 aromatic heterocycles. The number of H-pyrrole nitrogens is 1. The van der Waals surface area contributed by atoms with Gasteiger partial charge in [0.15, 0.2) is 5.82 Å². The number of aromatic nitrogens is 2. The van der Waals surface area contributed by atoms with Crippen molar-refractivity contribution >= 4 is 32.9 Å². The molecule has 0 saturated carbocycles. The lowest BCUT2D eigenvalue weighted by Crippen LogP contribution is -3.06. The number of hydrogen-bond acceptors (Lipinski definition) is 4. The summed E-state index contributed by atoms with van der Waals surface area (Å²) in [7, 11) is 1.96. The number of fused-ring (bicyclic) bond motifs is 1. The minimum absolute atomic E-state index is 0.115. The Morgan fingerprint density at radius 2 is 2.00 bits per heavy atom. The van der Waals surface area contributed by atoms with E-state index in [2.05, 4.69) is 23.0 Å². The van der Waals surface area contributed by atoms with Gasteiger partial charge in [0.2, 0.25) is 0 Å². The predicted octanol–water partition coefficient (Wildman–Crippen LogP) is 3.38. The molecule has 138 valence electrons. The third-order valence-corrected chi connectivity index (χ3v) is 6.32. The molecule has 0 amide bonds. The van der Waals surface area contributed by atoms with Crippen LogP contribution in [0.1, 0.15) is 16.3 Å². The minimum atomic E-state index is -0.206. The van der Waals surface area contributed by atoms with Gasteiger partial charge in [-0.2, -0.15) is 0 Å². The zero-order chi connectivity index (χ0) is 19.0. The van der Waals surface area contributed by atoms with E-state index in [4.69, 9.17) is 0 Å². The van der Waals surface area contributed by atoms with Crippen molar-refractivity contribution in [2.45, 2.75) is 20.0 Å². The van der Waals surface area contributed by atoms with Gasteiger partial charge >= 0.3 is 0 Å². The van der Waals surface area contributed by atoms with Gasteiger partial charge < -0.3 is 9.88 Å². The smallest absolute Gasteiger partial charge is 0.260 e. The van der Waals surface area contributed by atoms with Gasteiger partial charge in [-0.3, -0.25) is 4.79 Å². The minimum Gasteiger partial charge on any atom is -0.327 e. The summed E-state index contributed by atoms with van der Waals surface area (Å²) in [6, 6.07) is 10.9. The summed E-state index contributed by atoms with van der Waals surface area (Å²) in [5, 5.41) is 2.65. The molecule has 0 spiro atoms. The molecule has 4 aromatic rings. The Morgan fingerprint density at radius 1 is 1.19 bits per heavy atom. The topological polar surface area (TPSA) is 50.2 Å². The van der Waals surface area contributed by atoms with Crippen LogP contribution in [0.4, 0.5) is 4.39 Å². The summed E-state index contributed by atoms with van der Waals surface area (Å²) >= 11 is 3.16. The van der Waals surface area contributed by atoms with E-state index in [0.717, 1.165) is 20.2 Å². The van der Waals surface area contributed by atoms with E-state index in [-0.39, 0.29) is 11.4 Å². The van der Waals surface area contributed by atoms with E-state index >= 15 is 0 Å². The highest BCUT2D eigenvalue weighted by atomic mass is 32.1. The van der Waals surface area contributed by atoms with Crippen molar-refractivity contribution in [3.8, 4) is 10.4 Å². The Bertz CT molecular complexity index is 1160. The molecule has 1 unspecified atom stereocenters. The first-order valence-electron chi connectivity index (χ1n) is 8.63. The van der Waals surface area contributed by atoms with E-state index in [1.165, 1.54) is 22.3 Å². The average Bonchev–Trinajstić information content (AvgIpc) is 3.23. The Labute approximate surface area is 163 Å². The summed E-state index contributed by atoms with van der Waals surface area (Å²) < 4.78 is 13.8. The maximum Gasteiger partial charge on any atom is 0.260 e. The van der Waals surface area contributed by atoms with Crippen LogP contribution < -0.4 is 10.5 Å². The largest absolute Gasteiger partial charge is 0.327 e. The molecule has 0 saturated heterocycles. The Kier molecular flexibility index (Phi) is 4.90. The number of aryl methyl sites for hydroxylation is 1. The molecule has 0 fully saturated rings. The first-order chi connectivity index (χ1) is 13.0. The molecule has 0 aliphatic carbocycles. The van der Waals surface area contributed by atoms with Crippen LogP contribution in [0.15, 0.2) is 46.6 Å². The quantitative estimate of drug-likeness (QED) is 0.540. The van der Waals surface area contributed by atoms with Gasteiger partial charge in [-0.25, -0.2) is 9.37 Å². The lowest BCUT2D eigenvalue weighted by atomic mass is 10.2. The number of quaternary nitrogens is 1. The van der Waals surface area contributed by atoms with Crippen molar-refractivity contribution in [2.24, 2.45) is 0 Å². The number of hydrogen-bond donors (Lipinski definition) is 2. The molecule has 7 heteroatoms. The zero-order valence-electron chi connectivity index (χ0n) is 15.0. The summed E-state index contributed by atoms with van der Waals surface area (Å²) in [6.45, 7) is 3.10. The van der Waals surface area contributed by atoms with Crippen molar-refractivity contribution in [2.75, 3.05) is 7.05 Å². The molecule has 1 aromatic carbocycles. The van der Waals surface area contributed by atoms with Crippen LogP contribution in [-0.4, -0.2) is 17.0 Å². The maximum atomic E-state index is 13.8. The molecule has 27 heavy (non-hydrogen) atoms. The molecule has 0 aliphatic heterocycles. The molecule has 0 aliphatic rings. The van der Waals surface area contributed by atoms with Crippen LogP contribution >= 0.6 is 22.7 Å². The predicted molar refractivity (Wildman–Crippen MR) is 109 cm³/mol. The van der Waals surface area contributed by atoms with Gasteiger partial charge in [-0.1, -0.05) is 18.2 Å². The van der Waals surface area contributed by atoms with Crippen LogP contribution in [0.5, 0.6) is 0 Å². The third-order valence-electron chi connectivity index (χ3n) is 4.42. The lowest BCUT2D eigenvalue weighted by molar-refractivity contribution is -0.908. The first-order valence-corrected chi connectivity index (χ1v) is 10.3. The molecular weight excluding hydrogens is 381 g/mol. The van der Waals surface area contributed by atoms with E-state index in [1.54, 1.807) is 23.5 Å². The molecule has 4 rings (SSSR count). The van der Waals surface area contributed by atoms with Gasteiger partial charge in [-0.05, 0) is 25.1 Å². The van der Waals surface area contributed by atoms with Crippen molar-refractivity contribution in [3.05, 3.63) is 74.2 Å². The van der Waals surface area contributed by atoms with Crippen LogP contribution in [0.3, 0.4) is 0 Å². The van der Waals surface area contributed by atoms with Gasteiger partial charge in [0.1, 0.15) is 23.7 Å². The third kappa shape index (κ3) is 3.71. The van der Waals surface area contributed by atoms with Crippen molar-refractivity contribution < 1.29 is 9.29 Å². The molecule has 2 N–H and O–H groups in total. The Balaban J connectivity index is 1.60. The van der Waals surface area contributed by atoms with Crippen LogP contribution in [0.25, 0.3) is 20.7 Å². The van der Waals surface area contributed by atoms with Crippen molar-refractivity contribution in [1.82, 2.24) is 9.97 Å². The van der Waals surface area contributed by atoms with Crippen LogP contribution in [0.2, 0.25) is 0 Å². The second kappa shape index (κ2) is 7.34.